The molecule has 0 radical (unpaired) electrons. The summed E-state index contributed by atoms with van der Waals surface area (Å²) in [6.07, 6.45) is -4.82. The molecule has 0 fully saturated rings. The van der Waals surface area contributed by atoms with Gasteiger partial charge in [-0.25, -0.2) is 8.42 Å². The Balaban J connectivity index is 2.46. The lowest BCUT2D eigenvalue weighted by atomic mass is 10.1. The molecule has 2 N–H and O–H groups in total. The van der Waals surface area contributed by atoms with Gasteiger partial charge in [0, 0.05) is 17.1 Å². The molecular formula is C15H12BrF3N2O3S. The van der Waals surface area contributed by atoms with Crippen LogP contribution in [0.1, 0.15) is 12.5 Å². The standard InChI is InChI=1S/C15H12BrF3N2O3S/c1-9(22)20-11-5-6-14(13(8-11)15(17,18)19)21-25(23,24)12-4-2-3-10(16)7-12/h2-8,21H,1H3,(H,20,22). The van der Waals surface area contributed by atoms with Crippen molar-refractivity contribution in [2.45, 2.75) is 18.0 Å². The number of hydrogen-bond donors (Lipinski definition) is 2. The third kappa shape index (κ3) is 4.95. The number of nitrogens with one attached hydrogen (secondary N) is 2. The van der Waals surface area contributed by atoms with Crippen molar-refractivity contribution in [2.75, 3.05) is 10.0 Å². The molecule has 2 rings (SSSR count). The van der Waals surface area contributed by atoms with Crippen LogP contribution in [0.15, 0.2) is 51.8 Å². The van der Waals surface area contributed by atoms with Crippen LogP contribution in [-0.2, 0) is 21.0 Å². The normalized spacial score (nSPS) is 11.9. The van der Waals surface area contributed by atoms with Crippen LogP contribution in [0.2, 0.25) is 0 Å². The van der Waals surface area contributed by atoms with Gasteiger partial charge in [0.15, 0.2) is 0 Å². The highest BCUT2D eigenvalue weighted by molar-refractivity contribution is 9.10. The molecule has 0 aliphatic carbocycles. The number of amides is 1. The van der Waals surface area contributed by atoms with Crippen molar-refractivity contribution in [3.63, 3.8) is 0 Å². The van der Waals surface area contributed by atoms with Crippen LogP contribution < -0.4 is 10.0 Å². The highest BCUT2D eigenvalue weighted by Gasteiger charge is 2.35. The van der Waals surface area contributed by atoms with Gasteiger partial charge in [-0.3, -0.25) is 9.52 Å². The van der Waals surface area contributed by atoms with Gasteiger partial charge in [0.25, 0.3) is 10.0 Å². The second-order valence-corrected chi connectivity index (χ2v) is 7.60. The minimum Gasteiger partial charge on any atom is -0.326 e. The molecular weight excluding hydrogens is 425 g/mol. The van der Waals surface area contributed by atoms with E-state index in [-0.39, 0.29) is 10.6 Å². The monoisotopic (exact) mass is 436 g/mol. The molecule has 0 bridgehead atoms. The summed E-state index contributed by atoms with van der Waals surface area (Å²) in [5.41, 5.74) is -1.94. The van der Waals surface area contributed by atoms with Gasteiger partial charge in [-0.2, -0.15) is 13.2 Å². The third-order valence-electron chi connectivity index (χ3n) is 3.00. The SMILES string of the molecule is CC(=O)Nc1ccc(NS(=O)(=O)c2cccc(Br)c2)c(C(F)(F)F)c1. The molecule has 0 spiro atoms. The van der Waals surface area contributed by atoms with Gasteiger partial charge in [-0.15, -0.1) is 0 Å². The molecule has 0 saturated carbocycles. The van der Waals surface area contributed by atoms with Gasteiger partial charge in [0.05, 0.1) is 16.1 Å². The molecule has 0 heterocycles. The number of sulfonamides is 1. The first-order chi connectivity index (χ1) is 11.5. The number of anilines is 2. The smallest absolute Gasteiger partial charge is 0.326 e. The highest BCUT2D eigenvalue weighted by atomic mass is 79.9. The van der Waals surface area contributed by atoms with Crippen LogP contribution in [0.25, 0.3) is 0 Å². The van der Waals surface area contributed by atoms with E-state index in [0.29, 0.717) is 10.5 Å². The molecule has 0 atom stereocenters. The van der Waals surface area contributed by atoms with Gasteiger partial charge in [-0.05, 0) is 36.4 Å². The first kappa shape index (κ1) is 19.3. The summed E-state index contributed by atoms with van der Waals surface area (Å²) in [6, 6.07) is 8.35. The number of carbonyl (C=O) groups excluding carboxylic acids is 1. The second-order valence-electron chi connectivity index (χ2n) is 5.00. The van der Waals surface area contributed by atoms with Crippen LogP contribution in [-0.4, -0.2) is 14.3 Å². The zero-order chi connectivity index (χ0) is 18.8. The van der Waals surface area contributed by atoms with E-state index in [4.69, 9.17) is 0 Å². The highest BCUT2D eigenvalue weighted by Crippen LogP contribution is 2.37. The molecule has 1 amide bonds. The summed E-state index contributed by atoms with van der Waals surface area (Å²) in [5, 5.41) is 2.22. The topological polar surface area (TPSA) is 75.3 Å². The van der Waals surface area contributed by atoms with Crippen molar-refractivity contribution in [1.82, 2.24) is 0 Å². The molecule has 0 saturated heterocycles. The molecule has 5 nitrogen and oxygen atoms in total. The average Bonchev–Trinajstić information content (AvgIpc) is 2.47. The summed E-state index contributed by atoms with van der Waals surface area (Å²) in [7, 11) is -4.22. The Bertz CT molecular complexity index is 914. The largest absolute Gasteiger partial charge is 0.418 e. The van der Waals surface area contributed by atoms with Crippen molar-refractivity contribution in [1.29, 1.82) is 0 Å². The zero-order valence-electron chi connectivity index (χ0n) is 12.7. The van der Waals surface area contributed by atoms with Gasteiger partial charge in [0.2, 0.25) is 5.91 Å². The van der Waals surface area contributed by atoms with E-state index in [9.17, 15) is 26.4 Å². The summed E-state index contributed by atoms with van der Waals surface area (Å²) >= 11 is 3.11. The van der Waals surface area contributed by atoms with Crippen molar-refractivity contribution in [3.05, 3.63) is 52.5 Å². The number of benzene rings is 2. The van der Waals surface area contributed by atoms with Crippen molar-refractivity contribution in [3.8, 4) is 0 Å². The Hall–Kier alpha value is -2.07. The van der Waals surface area contributed by atoms with Crippen LogP contribution >= 0.6 is 15.9 Å². The minimum atomic E-state index is -4.82. The van der Waals surface area contributed by atoms with Gasteiger partial charge < -0.3 is 5.32 Å². The lowest BCUT2D eigenvalue weighted by Crippen LogP contribution is -2.18. The average molecular weight is 437 g/mol. The summed E-state index contributed by atoms with van der Waals surface area (Å²) in [5.74, 6) is -0.546. The van der Waals surface area contributed by atoms with Crippen molar-refractivity contribution in [2.24, 2.45) is 0 Å². The summed E-state index contributed by atoms with van der Waals surface area (Å²) in [6.45, 7) is 1.15. The molecule has 10 heteroatoms. The van der Waals surface area contributed by atoms with E-state index < -0.39 is 33.4 Å². The van der Waals surface area contributed by atoms with Crippen LogP contribution in [0.4, 0.5) is 24.5 Å². The number of hydrogen-bond acceptors (Lipinski definition) is 3. The van der Waals surface area contributed by atoms with Gasteiger partial charge in [0.1, 0.15) is 0 Å². The lowest BCUT2D eigenvalue weighted by molar-refractivity contribution is -0.136. The minimum absolute atomic E-state index is 0.0924. The van der Waals surface area contributed by atoms with Crippen LogP contribution in [0.3, 0.4) is 0 Å². The predicted octanol–water partition coefficient (Wildman–Crippen LogP) is 4.23. The molecule has 0 aliphatic heterocycles. The quantitative estimate of drug-likeness (QED) is 0.752. The molecule has 2 aromatic carbocycles. The lowest BCUT2D eigenvalue weighted by Gasteiger charge is -2.16. The fourth-order valence-corrected chi connectivity index (χ4v) is 3.66. The number of rotatable bonds is 4. The van der Waals surface area contributed by atoms with Crippen molar-refractivity contribution < 1.29 is 26.4 Å². The van der Waals surface area contributed by atoms with Crippen molar-refractivity contribution >= 4 is 43.2 Å². The number of alkyl halides is 3. The first-order valence-electron chi connectivity index (χ1n) is 6.76. The Kier molecular flexibility index (Phi) is 5.43. The zero-order valence-corrected chi connectivity index (χ0v) is 15.1. The van der Waals surface area contributed by atoms with Crippen LogP contribution in [0, 0.1) is 0 Å². The van der Waals surface area contributed by atoms with E-state index in [1.54, 1.807) is 6.07 Å². The van der Waals surface area contributed by atoms with Gasteiger partial charge in [-0.1, -0.05) is 22.0 Å². The first-order valence-corrected chi connectivity index (χ1v) is 9.04. The Morgan fingerprint density at radius 1 is 1.12 bits per heavy atom. The van der Waals surface area contributed by atoms with E-state index in [0.717, 1.165) is 13.0 Å². The molecule has 25 heavy (non-hydrogen) atoms. The van der Waals surface area contributed by atoms with E-state index in [2.05, 4.69) is 21.2 Å². The maximum Gasteiger partial charge on any atom is 0.418 e. The fraction of sp³-hybridized carbons (Fsp3) is 0.133. The Labute approximate surface area is 150 Å². The third-order valence-corrected chi connectivity index (χ3v) is 4.85. The maximum absolute atomic E-state index is 13.3. The summed E-state index contributed by atoms with van der Waals surface area (Å²) in [4.78, 5) is 10.8. The molecule has 134 valence electrons. The van der Waals surface area contributed by atoms with E-state index in [1.807, 2.05) is 4.72 Å². The summed E-state index contributed by atoms with van der Waals surface area (Å²) < 4.78 is 66.8. The molecule has 0 unspecified atom stereocenters. The number of halogens is 4. The fourth-order valence-electron chi connectivity index (χ4n) is 1.99. The van der Waals surface area contributed by atoms with Gasteiger partial charge >= 0.3 is 6.18 Å². The maximum atomic E-state index is 13.3. The molecule has 0 aliphatic rings. The molecule has 0 aromatic heterocycles. The van der Waals surface area contributed by atoms with Crippen LogP contribution in [0.5, 0.6) is 0 Å². The molecule has 2 aromatic rings. The number of carbonyl (C=O) groups is 1. The second kappa shape index (κ2) is 7.04. The Morgan fingerprint density at radius 2 is 1.80 bits per heavy atom. The van der Waals surface area contributed by atoms with E-state index in [1.165, 1.54) is 24.3 Å². The Morgan fingerprint density at radius 3 is 2.36 bits per heavy atom. The van der Waals surface area contributed by atoms with E-state index >= 15 is 0 Å². The predicted molar refractivity (Wildman–Crippen MR) is 90.7 cm³/mol.